The fourth-order valence-corrected chi connectivity index (χ4v) is 2.49. The average Bonchev–Trinajstić information content (AvgIpc) is 3.03. The van der Waals surface area contributed by atoms with E-state index in [0.717, 1.165) is 29.4 Å². The Morgan fingerprint density at radius 3 is 2.72 bits per heavy atom. The van der Waals surface area contributed by atoms with Crippen molar-refractivity contribution in [2.24, 2.45) is 0 Å². The van der Waals surface area contributed by atoms with Gasteiger partial charge in [0.1, 0.15) is 0 Å². The number of hydrogen-bond acceptors (Lipinski definition) is 2. The van der Waals surface area contributed by atoms with Crippen LogP contribution < -0.4 is 0 Å². The SMILES string of the molecule is CC(C)n1cnc2cc(C3(C(=O)O)CC3)ccc21. The van der Waals surface area contributed by atoms with Crippen LogP contribution in [0.4, 0.5) is 0 Å². The van der Waals surface area contributed by atoms with Gasteiger partial charge < -0.3 is 9.67 Å². The number of hydrogen-bond donors (Lipinski definition) is 1. The minimum Gasteiger partial charge on any atom is -0.481 e. The second-order valence-corrected chi connectivity index (χ2v) is 5.34. The van der Waals surface area contributed by atoms with E-state index in [1.165, 1.54) is 0 Å². The highest BCUT2D eigenvalue weighted by Gasteiger charge is 2.51. The van der Waals surface area contributed by atoms with Crippen molar-refractivity contribution in [2.75, 3.05) is 0 Å². The first-order valence-corrected chi connectivity index (χ1v) is 6.25. The lowest BCUT2D eigenvalue weighted by molar-refractivity contribution is -0.140. The molecule has 2 aromatic rings. The summed E-state index contributed by atoms with van der Waals surface area (Å²) in [7, 11) is 0. The summed E-state index contributed by atoms with van der Waals surface area (Å²) in [5.41, 5.74) is 2.19. The van der Waals surface area contributed by atoms with Crippen LogP contribution in [0.25, 0.3) is 11.0 Å². The zero-order valence-corrected chi connectivity index (χ0v) is 10.6. The molecule has 4 heteroatoms. The van der Waals surface area contributed by atoms with Crippen LogP contribution in [0.15, 0.2) is 24.5 Å². The summed E-state index contributed by atoms with van der Waals surface area (Å²) in [6.45, 7) is 4.21. The molecule has 18 heavy (non-hydrogen) atoms. The Hall–Kier alpha value is -1.84. The first-order chi connectivity index (χ1) is 8.54. The van der Waals surface area contributed by atoms with Gasteiger partial charge in [-0.3, -0.25) is 4.79 Å². The number of fused-ring (bicyclic) bond motifs is 1. The molecule has 0 amide bonds. The standard InChI is InChI=1S/C14H16N2O2/c1-9(2)16-8-15-11-7-10(3-4-12(11)16)14(5-6-14)13(17)18/h3-4,7-9H,5-6H2,1-2H3,(H,17,18). The van der Waals surface area contributed by atoms with E-state index in [-0.39, 0.29) is 0 Å². The first kappa shape index (κ1) is 11.3. The lowest BCUT2D eigenvalue weighted by Crippen LogP contribution is -2.19. The van der Waals surface area contributed by atoms with Gasteiger partial charge in [-0.05, 0) is 44.4 Å². The second-order valence-electron chi connectivity index (χ2n) is 5.34. The molecule has 1 saturated carbocycles. The van der Waals surface area contributed by atoms with Crippen molar-refractivity contribution in [2.45, 2.75) is 38.1 Å². The summed E-state index contributed by atoms with van der Waals surface area (Å²) in [6.07, 6.45) is 3.29. The molecule has 1 N–H and O–H groups in total. The maximum Gasteiger partial charge on any atom is 0.314 e. The summed E-state index contributed by atoms with van der Waals surface area (Å²) >= 11 is 0. The molecule has 0 atom stereocenters. The average molecular weight is 244 g/mol. The normalized spacial score (nSPS) is 17.3. The minimum absolute atomic E-state index is 0.357. The van der Waals surface area contributed by atoms with Crippen LogP contribution >= 0.6 is 0 Å². The summed E-state index contributed by atoms with van der Waals surface area (Å²) in [6, 6.07) is 6.20. The molecular weight excluding hydrogens is 228 g/mol. The molecule has 0 spiro atoms. The lowest BCUT2D eigenvalue weighted by atomic mass is 9.96. The molecule has 1 aromatic carbocycles. The van der Waals surface area contributed by atoms with E-state index in [2.05, 4.69) is 23.4 Å². The van der Waals surface area contributed by atoms with Crippen molar-refractivity contribution in [3.8, 4) is 0 Å². The van der Waals surface area contributed by atoms with Crippen molar-refractivity contribution in [3.05, 3.63) is 30.1 Å². The predicted octanol–water partition coefficient (Wildman–Crippen LogP) is 2.73. The largest absolute Gasteiger partial charge is 0.481 e. The van der Waals surface area contributed by atoms with E-state index >= 15 is 0 Å². The molecule has 0 unspecified atom stereocenters. The third-order valence-electron chi connectivity index (χ3n) is 3.84. The molecule has 1 aromatic heterocycles. The van der Waals surface area contributed by atoms with Crippen LogP contribution in [0.2, 0.25) is 0 Å². The molecule has 3 rings (SSSR count). The highest BCUT2D eigenvalue weighted by Crippen LogP contribution is 2.48. The lowest BCUT2D eigenvalue weighted by Gasteiger charge is -2.11. The number of imidazole rings is 1. The molecular formula is C14H16N2O2. The predicted molar refractivity (Wildman–Crippen MR) is 68.7 cm³/mol. The van der Waals surface area contributed by atoms with Gasteiger partial charge in [-0.1, -0.05) is 6.07 Å². The van der Waals surface area contributed by atoms with Crippen molar-refractivity contribution in [1.29, 1.82) is 0 Å². The van der Waals surface area contributed by atoms with Crippen molar-refractivity contribution in [1.82, 2.24) is 9.55 Å². The maximum atomic E-state index is 11.3. The Balaban J connectivity index is 2.11. The van der Waals surface area contributed by atoms with Crippen LogP contribution in [-0.2, 0) is 10.2 Å². The van der Waals surface area contributed by atoms with Gasteiger partial charge in [-0.2, -0.15) is 0 Å². The van der Waals surface area contributed by atoms with Gasteiger partial charge in [0.2, 0.25) is 0 Å². The number of carbonyl (C=O) groups is 1. The number of carboxylic acids is 1. The van der Waals surface area contributed by atoms with E-state index in [0.29, 0.717) is 6.04 Å². The van der Waals surface area contributed by atoms with Gasteiger partial charge in [-0.25, -0.2) is 4.98 Å². The smallest absolute Gasteiger partial charge is 0.314 e. The number of aliphatic carboxylic acids is 1. The van der Waals surface area contributed by atoms with Gasteiger partial charge in [0, 0.05) is 6.04 Å². The summed E-state index contributed by atoms with van der Waals surface area (Å²) < 4.78 is 2.10. The number of carboxylic acid groups (broad SMARTS) is 1. The Morgan fingerprint density at radius 1 is 1.44 bits per heavy atom. The fraction of sp³-hybridized carbons (Fsp3) is 0.429. The molecule has 0 radical (unpaired) electrons. The molecule has 0 aliphatic heterocycles. The van der Waals surface area contributed by atoms with E-state index < -0.39 is 11.4 Å². The van der Waals surface area contributed by atoms with Crippen LogP contribution in [0.1, 0.15) is 38.3 Å². The summed E-state index contributed by atoms with van der Waals surface area (Å²) in [5.74, 6) is -0.717. The zero-order chi connectivity index (χ0) is 12.9. The van der Waals surface area contributed by atoms with Gasteiger partial charge in [0.15, 0.2) is 0 Å². The van der Waals surface area contributed by atoms with Gasteiger partial charge in [0.05, 0.1) is 22.8 Å². The Labute approximate surface area is 105 Å². The van der Waals surface area contributed by atoms with Gasteiger partial charge in [-0.15, -0.1) is 0 Å². The van der Waals surface area contributed by atoms with Gasteiger partial charge >= 0.3 is 5.97 Å². The molecule has 4 nitrogen and oxygen atoms in total. The summed E-state index contributed by atoms with van der Waals surface area (Å²) in [5, 5.41) is 9.30. The Morgan fingerprint density at radius 2 is 2.17 bits per heavy atom. The third-order valence-corrected chi connectivity index (χ3v) is 3.84. The highest BCUT2D eigenvalue weighted by atomic mass is 16.4. The molecule has 1 aliphatic rings. The third kappa shape index (κ3) is 1.45. The molecule has 0 bridgehead atoms. The number of aromatic nitrogens is 2. The van der Waals surface area contributed by atoms with Gasteiger partial charge in [0.25, 0.3) is 0 Å². The topological polar surface area (TPSA) is 55.1 Å². The quantitative estimate of drug-likeness (QED) is 0.903. The molecule has 1 heterocycles. The van der Waals surface area contributed by atoms with E-state index in [1.807, 2.05) is 24.5 Å². The number of benzene rings is 1. The monoisotopic (exact) mass is 244 g/mol. The van der Waals surface area contributed by atoms with E-state index in [1.54, 1.807) is 0 Å². The van der Waals surface area contributed by atoms with E-state index in [9.17, 15) is 9.90 Å². The number of rotatable bonds is 3. The Kier molecular flexibility index (Phi) is 2.24. The van der Waals surface area contributed by atoms with Crippen molar-refractivity contribution < 1.29 is 9.90 Å². The highest BCUT2D eigenvalue weighted by molar-refractivity contribution is 5.87. The minimum atomic E-state index is -0.717. The number of nitrogens with zero attached hydrogens (tertiary/aromatic N) is 2. The van der Waals surface area contributed by atoms with Crippen molar-refractivity contribution in [3.63, 3.8) is 0 Å². The summed E-state index contributed by atoms with van der Waals surface area (Å²) in [4.78, 5) is 15.7. The molecule has 1 aliphatic carbocycles. The zero-order valence-electron chi connectivity index (χ0n) is 10.6. The first-order valence-electron chi connectivity index (χ1n) is 6.25. The van der Waals surface area contributed by atoms with Crippen LogP contribution in [0.3, 0.4) is 0 Å². The fourth-order valence-electron chi connectivity index (χ4n) is 2.49. The van der Waals surface area contributed by atoms with Crippen molar-refractivity contribution >= 4 is 17.0 Å². The van der Waals surface area contributed by atoms with Crippen LogP contribution in [0.5, 0.6) is 0 Å². The molecule has 94 valence electrons. The molecule has 1 fully saturated rings. The van der Waals surface area contributed by atoms with Crippen LogP contribution in [-0.4, -0.2) is 20.6 Å². The second kappa shape index (κ2) is 3.57. The van der Waals surface area contributed by atoms with Crippen LogP contribution in [0, 0.1) is 0 Å². The van der Waals surface area contributed by atoms with E-state index in [4.69, 9.17) is 0 Å². The Bertz CT molecular complexity index is 624. The maximum absolute atomic E-state index is 11.3. The molecule has 0 saturated heterocycles.